The van der Waals surface area contributed by atoms with Crippen LogP contribution in [0, 0.1) is 0 Å². The smallest absolute Gasteiger partial charge is 0.158 e. The third-order valence-electron chi connectivity index (χ3n) is 2.88. The highest BCUT2D eigenvalue weighted by molar-refractivity contribution is 7.18. The molecule has 0 aliphatic heterocycles. The fourth-order valence-electron chi connectivity index (χ4n) is 1.76. The molecule has 3 aromatic rings. The van der Waals surface area contributed by atoms with Gasteiger partial charge in [-0.15, -0.1) is 22.7 Å². The summed E-state index contributed by atoms with van der Waals surface area (Å²) in [5.41, 5.74) is 4.88. The van der Waals surface area contributed by atoms with E-state index in [9.17, 15) is 0 Å². The second kappa shape index (κ2) is 5.50. The molecule has 0 aliphatic carbocycles. The zero-order chi connectivity index (χ0) is 14.9. The standard InChI is InChI=1S/C14H15N5S2/c1-14(2,3)11-4-10-12(16-7-17-13(10)21-11)19-18-6-9-5-15-8-20-9/h4-8H,1-3H3,(H,16,17,19)/b18-6+. The first kappa shape index (κ1) is 14.1. The van der Waals surface area contributed by atoms with Gasteiger partial charge in [-0.25, -0.2) is 9.97 Å². The van der Waals surface area contributed by atoms with E-state index in [2.05, 4.69) is 52.3 Å². The summed E-state index contributed by atoms with van der Waals surface area (Å²) in [6.45, 7) is 6.58. The van der Waals surface area contributed by atoms with Crippen LogP contribution in [0.2, 0.25) is 0 Å². The zero-order valence-corrected chi connectivity index (χ0v) is 13.6. The van der Waals surface area contributed by atoms with E-state index in [0.29, 0.717) is 0 Å². The van der Waals surface area contributed by atoms with Crippen molar-refractivity contribution >= 4 is 44.9 Å². The van der Waals surface area contributed by atoms with E-state index >= 15 is 0 Å². The van der Waals surface area contributed by atoms with Crippen LogP contribution in [0.15, 0.2) is 29.2 Å². The number of fused-ring (bicyclic) bond motifs is 1. The monoisotopic (exact) mass is 317 g/mol. The maximum atomic E-state index is 4.34. The Morgan fingerprint density at radius 1 is 1.29 bits per heavy atom. The highest BCUT2D eigenvalue weighted by Gasteiger charge is 2.18. The van der Waals surface area contributed by atoms with Gasteiger partial charge in [0.2, 0.25) is 0 Å². The molecule has 0 unspecified atom stereocenters. The van der Waals surface area contributed by atoms with Crippen LogP contribution >= 0.6 is 22.7 Å². The maximum absolute atomic E-state index is 4.34. The fourth-order valence-corrected chi connectivity index (χ4v) is 3.30. The number of hydrogen-bond donors (Lipinski definition) is 1. The number of thiazole rings is 1. The molecule has 3 heterocycles. The highest BCUT2D eigenvalue weighted by atomic mass is 32.1. The Labute approximate surface area is 130 Å². The summed E-state index contributed by atoms with van der Waals surface area (Å²) in [6.07, 6.45) is 5.08. The Bertz CT molecular complexity index is 768. The molecule has 0 amide bonds. The van der Waals surface area contributed by atoms with Crippen LogP contribution in [0.1, 0.15) is 30.5 Å². The minimum Gasteiger partial charge on any atom is -0.261 e. The van der Waals surface area contributed by atoms with Gasteiger partial charge >= 0.3 is 0 Å². The zero-order valence-electron chi connectivity index (χ0n) is 12.0. The molecule has 0 atom stereocenters. The van der Waals surface area contributed by atoms with Crippen LogP contribution in [0.4, 0.5) is 5.82 Å². The largest absolute Gasteiger partial charge is 0.261 e. The summed E-state index contributed by atoms with van der Waals surface area (Å²) < 4.78 is 0. The Hall–Kier alpha value is -1.86. The van der Waals surface area contributed by atoms with Gasteiger partial charge < -0.3 is 0 Å². The molecular formula is C14H15N5S2. The van der Waals surface area contributed by atoms with Crippen LogP contribution in [-0.4, -0.2) is 21.2 Å². The number of rotatable bonds is 3. The van der Waals surface area contributed by atoms with Gasteiger partial charge in [-0.3, -0.25) is 10.4 Å². The van der Waals surface area contributed by atoms with Crippen LogP contribution in [0.25, 0.3) is 10.2 Å². The molecule has 0 bridgehead atoms. The van der Waals surface area contributed by atoms with Gasteiger partial charge in [0.1, 0.15) is 11.2 Å². The van der Waals surface area contributed by atoms with Crippen LogP contribution in [-0.2, 0) is 5.41 Å². The molecule has 108 valence electrons. The van der Waals surface area contributed by atoms with Gasteiger partial charge in [-0.05, 0) is 11.5 Å². The second-order valence-corrected chi connectivity index (χ2v) is 7.52. The van der Waals surface area contributed by atoms with Crippen LogP contribution in [0.5, 0.6) is 0 Å². The lowest BCUT2D eigenvalue weighted by molar-refractivity contribution is 0.604. The number of hydrogen-bond acceptors (Lipinski definition) is 7. The molecule has 0 aliphatic rings. The first-order chi connectivity index (χ1) is 10.0. The quantitative estimate of drug-likeness (QED) is 0.588. The van der Waals surface area contributed by atoms with Crippen molar-refractivity contribution in [3.8, 4) is 0 Å². The molecule has 3 rings (SSSR count). The van der Waals surface area contributed by atoms with Crippen LogP contribution in [0.3, 0.4) is 0 Å². The Morgan fingerprint density at radius 3 is 2.86 bits per heavy atom. The average Bonchev–Trinajstić information content (AvgIpc) is 3.06. The molecule has 0 aromatic carbocycles. The fraction of sp³-hybridized carbons (Fsp3) is 0.286. The molecule has 5 nitrogen and oxygen atoms in total. The molecule has 0 saturated heterocycles. The van der Waals surface area contributed by atoms with Crippen molar-refractivity contribution in [1.82, 2.24) is 15.0 Å². The lowest BCUT2D eigenvalue weighted by Gasteiger charge is -2.14. The number of thiophene rings is 1. The topological polar surface area (TPSA) is 63.1 Å². The van der Waals surface area contributed by atoms with Crippen molar-refractivity contribution in [2.24, 2.45) is 5.10 Å². The van der Waals surface area contributed by atoms with Gasteiger partial charge in [-0.2, -0.15) is 5.10 Å². The van der Waals surface area contributed by atoms with Crippen molar-refractivity contribution in [3.63, 3.8) is 0 Å². The van der Waals surface area contributed by atoms with E-state index in [1.807, 2.05) is 0 Å². The summed E-state index contributed by atoms with van der Waals surface area (Å²) in [5.74, 6) is 0.729. The molecule has 1 N–H and O–H groups in total. The normalized spacial score (nSPS) is 12.3. The Balaban J connectivity index is 1.90. The lowest BCUT2D eigenvalue weighted by atomic mass is 9.94. The van der Waals surface area contributed by atoms with E-state index in [1.165, 1.54) is 16.2 Å². The second-order valence-electron chi connectivity index (χ2n) is 5.58. The molecular weight excluding hydrogens is 302 g/mol. The van der Waals surface area contributed by atoms with E-state index in [1.54, 1.807) is 35.6 Å². The van der Waals surface area contributed by atoms with E-state index in [4.69, 9.17) is 0 Å². The predicted molar refractivity (Wildman–Crippen MR) is 89.4 cm³/mol. The number of anilines is 1. The van der Waals surface area contributed by atoms with E-state index in [-0.39, 0.29) is 5.41 Å². The summed E-state index contributed by atoms with van der Waals surface area (Å²) in [7, 11) is 0. The van der Waals surface area contributed by atoms with Gasteiger partial charge in [0.15, 0.2) is 5.82 Å². The summed E-state index contributed by atoms with van der Waals surface area (Å²) in [5, 5.41) is 5.22. The summed E-state index contributed by atoms with van der Waals surface area (Å²) in [4.78, 5) is 15.9. The number of nitrogens with one attached hydrogen (secondary N) is 1. The molecule has 0 saturated carbocycles. The average molecular weight is 317 g/mol. The molecule has 21 heavy (non-hydrogen) atoms. The van der Waals surface area contributed by atoms with Crippen molar-refractivity contribution in [1.29, 1.82) is 0 Å². The maximum Gasteiger partial charge on any atom is 0.158 e. The molecule has 7 heteroatoms. The van der Waals surface area contributed by atoms with Gasteiger partial charge in [0, 0.05) is 11.1 Å². The van der Waals surface area contributed by atoms with Gasteiger partial charge in [0.25, 0.3) is 0 Å². The van der Waals surface area contributed by atoms with Crippen molar-refractivity contribution in [2.45, 2.75) is 26.2 Å². The molecule has 0 spiro atoms. The van der Waals surface area contributed by atoms with E-state index < -0.39 is 0 Å². The first-order valence-corrected chi connectivity index (χ1v) is 8.16. The number of hydrazone groups is 1. The first-order valence-electron chi connectivity index (χ1n) is 6.46. The van der Waals surface area contributed by atoms with Gasteiger partial charge in [0.05, 0.1) is 22.0 Å². The van der Waals surface area contributed by atoms with Crippen molar-refractivity contribution in [3.05, 3.63) is 33.9 Å². The van der Waals surface area contributed by atoms with Crippen molar-refractivity contribution < 1.29 is 0 Å². The van der Waals surface area contributed by atoms with Gasteiger partial charge in [-0.1, -0.05) is 20.8 Å². The number of aromatic nitrogens is 3. The molecule has 0 radical (unpaired) electrons. The summed E-state index contributed by atoms with van der Waals surface area (Å²) >= 11 is 3.24. The minimum absolute atomic E-state index is 0.106. The number of nitrogens with zero attached hydrogens (tertiary/aromatic N) is 4. The SMILES string of the molecule is CC(C)(C)c1cc2c(N/N=C/c3cncs3)ncnc2s1. The molecule has 0 fully saturated rings. The van der Waals surface area contributed by atoms with E-state index in [0.717, 1.165) is 20.9 Å². The summed E-state index contributed by atoms with van der Waals surface area (Å²) in [6, 6.07) is 2.14. The van der Waals surface area contributed by atoms with Crippen LogP contribution < -0.4 is 5.43 Å². The Kier molecular flexibility index (Phi) is 3.69. The van der Waals surface area contributed by atoms with Crippen molar-refractivity contribution in [2.75, 3.05) is 5.43 Å². The lowest BCUT2D eigenvalue weighted by Crippen LogP contribution is -2.07. The highest BCUT2D eigenvalue weighted by Crippen LogP contribution is 2.35. The third-order valence-corrected chi connectivity index (χ3v) is 5.06. The molecule has 3 aromatic heterocycles. The Morgan fingerprint density at radius 2 is 2.14 bits per heavy atom. The minimum atomic E-state index is 0.106. The third kappa shape index (κ3) is 3.08. The predicted octanol–water partition coefficient (Wildman–Crippen LogP) is 3.89.